The number of aromatic nitrogens is 1. The molecular formula is C21H17ClF3N5O5. The quantitative estimate of drug-likeness (QED) is 0.256. The van der Waals surface area contributed by atoms with Crippen molar-refractivity contribution < 1.29 is 37.8 Å². The molecule has 0 aliphatic rings. The van der Waals surface area contributed by atoms with Crippen LogP contribution in [0.15, 0.2) is 59.7 Å². The van der Waals surface area contributed by atoms with Crippen LogP contribution in [-0.2, 0) is 9.59 Å². The summed E-state index contributed by atoms with van der Waals surface area (Å²) in [5.74, 6) is -4.50. The summed E-state index contributed by atoms with van der Waals surface area (Å²) in [6.45, 7) is 0. The zero-order valence-electron chi connectivity index (χ0n) is 17.5. The Labute approximate surface area is 200 Å². The summed E-state index contributed by atoms with van der Waals surface area (Å²) >= 11 is 6.15. The highest BCUT2D eigenvalue weighted by Crippen LogP contribution is 2.30. The van der Waals surface area contributed by atoms with Gasteiger partial charge in [0.25, 0.3) is 5.91 Å². The molecule has 1 unspecified atom stereocenters. The summed E-state index contributed by atoms with van der Waals surface area (Å²) in [5.41, 5.74) is 11.5. The van der Waals surface area contributed by atoms with Crippen LogP contribution in [0.3, 0.4) is 0 Å². The van der Waals surface area contributed by atoms with Crippen LogP contribution in [0, 0.1) is 0 Å². The molecule has 0 saturated heterocycles. The van der Waals surface area contributed by atoms with Gasteiger partial charge in [0.1, 0.15) is 0 Å². The lowest BCUT2D eigenvalue weighted by Crippen LogP contribution is -2.33. The zero-order valence-corrected chi connectivity index (χ0v) is 18.2. The molecule has 1 heterocycles. The van der Waals surface area contributed by atoms with Gasteiger partial charge in [-0.25, -0.2) is 14.6 Å². The summed E-state index contributed by atoms with van der Waals surface area (Å²) in [4.78, 5) is 41.2. The second-order valence-corrected chi connectivity index (χ2v) is 7.09. The molecule has 2 aromatic carbocycles. The van der Waals surface area contributed by atoms with Gasteiger partial charge < -0.3 is 27.0 Å². The fraction of sp³-hybridized carbons (Fsp3) is 0.0952. The Bertz CT molecular complexity index is 1280. The Morgan fingerprint density at radius 2 is 1.63 bits per heavy atom. The molecule has 3 rings (SSSR count). The van der Waals surface area contributed by atoms with Crippen LogP contribution in [-0.4, -0.2) is 45.2 Å². The van der Waals surface area contributed by atoms with Gasteiger partial charge in [0.2, 0.25) is 0 Å². The van der Waals surface area contributed by atoms with Crippen molar-refractivity contribution in [1.29, 1.82) is 0 Å². The number of hydrogen-bond donors (Lipinski definition) is 5. The first-order chi connectivity index (χ1) is 16.3. The third-order valence-electron chi connectivity index (χ3n) is 4.21. The number of halogens is 4. The van der Waals surface area contributed by atoms with E-state index in [0.717, 1.165) is 0 Å². The van der Waals surface area contributed by atoms with Gasteiger partial charge >= 0.3 is 18.1 Å². The first kappa shape index (κ1) is 26.9. The number of amides is 1. The number of rotatable bonds is 5. The summed E-state index contributed by atoms with van der Waals surface area (Å²) in [6.07, 6.45) is -3.68. The van der Waals surface area contributed by atoms with Crippen LogP contribution >= 0.6 is 11.6 Å². The normalized spacial score (nSPS) is 11.5. The van der Waals surface area contributed by atoms with Crippen LogP contribution in [0.2, 0.25) is 5.02 Å². The van der Waals surface area contributed by atoms with Crippen LogP contribution in [0.4, 0.5) is 19.0 Å². The minimum Gasteiger partial charge on any atom is -0.479 e. The number of carboxylic acids is 2. The Balaban J connectivity index is 0.000000540. The van der Waals surface area contributed by atoms with Gasteiger partial charge in [-0.15, -0.1) is 0 Å². The van der Waals surface area contributed by atoms with E-state index in [0.29, 0.717) is 21.4 Å². The Morgan fingerprint density at radius 3 is 2.14 bits per heavy atom. The molecule has 0 bridgehead atoms. The predicted molar refractivity (Wildman–Crippen MR) is 120 cm³/mol. The van der Waals surface area contributed by atoms with E-state index in [9.17, 15) is 27.9 Å². The average Bonchev–Trinajstić information content (AvgIpc) is 2.79. The average molecular weight is 512 g/mol. The molecule has 10 nitrogen and oxygen atoms in total. The molecule has 184 valence electrons. The molecule has 35 heavy (non-hydrogen) atoms. The molecule has 0 spiro atoms. The van der Waals surface area contributed by atoms with E-state index in [1.165, 1.54) is 18.3 Å². The maximum Gasteiger partial charge on any atom is 0.490 e. The molecule has 1 amide bonds. The molecule has 0 saturated carbocycles. The van der Waals surface area contributed by atoms with E-state index < -0.39 is 30.1 Å². The van der Waals surface area contributed by atoms with Gasteiger partial charge in [0.05, 0.1) is 5.02 Å². The number of guanidine groups is 1. The van der Waals surface area contributed by atoms with E-state index in [1.807, 2.05) is 0 Å². The summed E-state index contributed by atoms with van der Waals surface area (Å²) in [6, 6.07) is 11.9. The van der Waals surface area contributed by atoms with Gasteiger partial charge in [0, 0.05) is 22.5 Å². The minimum absolute atomic E-state index is 0.194. The topological polar surface area (TPSA) is 181 Å². The Kier molecular flexibility index (Phi) is 8.56. The third-order valence-corrected chi connectivity index (χ3v) is 4.51. The van der Waals surface area contributed by atoms with Crippen LogP contribution in [0.1, 0.15) is 22.0 Å². The largest absolute Gasteiger partial charge is 0.490 e. The SMILES string of the molecule is NC(N)=Nc1ncc(Cl)c2ccc(C(=O)NC(C(=O)O)c3ccccc3)cc12.O=C(O)C(F)(F)F. The maximum atomic E-state index is 12.7. The Morgan fingerprint density at radius 1 is 1.03 bits per heavy atom. The molecule has 0 aliphatic heterocycles. The van der Waals surface area contributed by atoms with Crippen molar-refractivity contribution in [3.8, 4) is 0 Å². The summed E-state index contributed by atoms with van der Waals surface area (Å²) in [7, 11) is 0. The number of nitrogens with one attached hydrogen (secondary N) is 1. The van der Waals surface area contributed by atoms with Crippen molar-refractivity contribution in [3.05, 3.63) is 70.9 Å². The van der Waals surface area contributed by atoms with Crippen molar-refractivity contribution in [2.24, 2.45) is 16.5 Å². The molecule has 1 atom stereocenters. The maximum absolute atomic E-state index is 12.7. The summed E-state index contributed by atoms with van der Waals surface area (Å²) in [5, 5.41) is 20.5. The van der Waals surface area contributed by atoms with Crippen LogP contribution in [0.5, 0.6) is 0 Å². The molecule has 0 fully saturated rings. The molecule has 0 aliphatic carbocycles. The fourth-order valence-electron chi connectivity index (χ4n) is 2.69. The molecule has 0 radical (unpaired) electrons. The number of fused-ring (bicyclic) bond motifs is 1. The molecular weight excluding hydrogens is 495 g/mol. The number of nitrogens with zero attached hydrogens (tertiary/aromatic N) is 2. The number of hydrogen-bond acceptors (Lipinski definition) is 5. The Hall–Kier alpha value is -4.39. The van der Waals surface area contributed by atoms with E-state index in [4.69, 9.17) is 33.0 Å². The number of aliphatic imine (C=N–C) groups is 1. The lowest BCUT2D eigenvalue weighted by molar-refractivity contribution is -0.192. The fourth-order valence-corrected chi connectivity index (χ4v) is 2.91. The highest BCUT2D eigenvalue weighted by molar-refractivity contribution is 6.35. The van der Waals surface area contributed by atoms with E-state index in [-0.39, 0.29) is 17.3 Å². The van der Waals surface area contributed by atoms with Gasteiger partial charge in [0.15, 0.2) is 17.8 Å². The molecule has 3 aromatic rings. The number of pyridine rings is 1. The van der Waals surface area contributed by atoms with Crippen LogP contribution < -0.4 is 16.8 Å². The molecule has 7 N–H and O–H groups in total. The zero-order chi connectivity index (χ0) is 26.3. The van der Waals surface area contributed by atoms with Crippen molar-refractivity contribution in [2.75, 3.05) is 0 Å². The standard InChI is InChI=1S/C19H16ClN5O3.C2HF3O2/c20-14-9-23-16(25-19(21)22)13-8-11(6-7-12(13)14)17(26)24-15(18(27)28)10-4-2-1-3-5-10;3-2(4,5)1(6)7/h1-9,15H,(H,24,26)(H,27,28)(H4,21,22,23,25);(H,6,7). The number of alkyl halides is 3. The van der Waals surface area contributed by atoms with Gasteiger partial charge in [-0.3, -0.25) is 4.79 Å². The lowest BCUT2D eigenvalue weighted by atomic mass is 10.0. The van der Waals surface area contributed by atoms with E-state index >= 15 is 0 Å². The first-order valence-corrected chi connectivity index (χ1v) is 9.75. The van der Waals surface area contributed by atoms with E-state index in [2.05, 4.69) is 15.3 Å². The van der Waals surface area contributed by atoms with Gasteiger partial charge in [-0.1, -0.05) is 48.0 Å². The summed E-state index contributed by atoms with van der Waals surface area (Å²) < 4.78 is 31.7. The van der Waals surface area contributed by atoms with Gasteiger partial charge in [-0.2, -0.15) is 18.2 Å². The van der Waals surface area contributed by atoms with Crippen molar-refractivity contribution in [2.45, 2.75) is 12.2 Å². The second kappa shape index (κ2) is 11.2. The molecule has 14 heteroatoms. The number of carbonyl (C=O) groups is 3. The van der Waals surface area contributed by atoms with Crippen molar-refractivity contribution in [3.63, 3.8) is 0 Å². The number of carboxylic acid groups (broad SMARTS) is 2. The minimum atomic E-state index is -5.08. The monoisotopic (exact) mass is 511 g/mol. The van der Waals surface area contributed by atoms with Gasteiger partial charge in [-0.05, 0) is 17.7 Å². The smallest absolute Gasteiger partial charge is 0.479 e. The number of aliphatic carboxylic acids is 2. The highest BCUT2D eigenvalue weighted by Gasteiger charge is 2.38. The predicted octanol–water partition coefficient (Wildman–Crippen LogP) is 2.98. The number of benzene rings is 2. The highest BCUT2D eigenvalue weighted by atomic mass is 35.5. The van der Waals surface area contributed by atoms with Crippen LogP contribution in [0.25, 0.3) is 10.8 Å². The first-order valence-electron chi connectivity index (χ1n) is 9.38. The van der Waals surface area contributed by atoms with Crippen molar-refractivity contribution in [1.82, 2.24) is 10.3 Å². The van der Waals surface area contributed by atoms with Crippen molar-refractivity contribution >= 4 is 52.0 Å². The molecule has 1 aromatic heterocycles. The lowest BCUT2D eigenvalue weighted by Gasteiger charge is -2.15. The third kappa shape index (κ3) is 7.30. The second-order valence-electron chi connectivity index (χ2n) is 6.69. The van der Waals surface area contributed by atoms with E-state index in [1.54, 1.807) is 36.4 Å². The number of nitrogens with two attached hydrogens (primary N) is 2. The number of carbonyl (C=O) groups excluding carboxylic acids is 1.